The van der Waals surface area contributed by atoms with Crippen LogP contribution in [0.5, 0.6) is 0 Å². The fourth-order valence-corrected chi connectivity index (χ4v) is 5.78. The Bertz CT molecular complexity index is 1420. The van der Waals surface area contributed by atoms with Gasteiger partial charge in [0.05, 0.1) is 12.4 Å². The Morgan fingerprint density at radius 2 is 2.30 bits per heavy atom. The number of thioether (sulfide) groups is 1. The van der Waals surface area contributed by atoms with E-state index in [0.29, 0.717) is 22.8 Å². The van der Waals surface area contributed by atoms with Crippen LogP contribution in [0.15, 0.2) is 57.4 Å². The van der Waals surface area contributed by atoms with Crippen LogP contribution < -0.4 is 15.6 Å². The summed E-state index contributed by atoms with van der Waals surface area (Å²) in [6.07, 6.45) is 6.12. The van der Waals surface area contributed by atoms with Gasteiger partial charge in [0.1, 0.15) is 36.5 Å². The highest BCUT2D eigenvalue weighted by molar-refractivity contribution is 8.00. The normalized spacial score (nSPS) is 19.3. The molecule has 0 radical (unpaired) electrons. The molecular weight excluding hydrogens is 524 g/mol. The highest BCUT2D eigenvalue weighted by Gasteiger charge is 2.54. The number of thiazole rings is 1. The average molecular weight is 544 g/mol. The van der Waals surface area contributed by atoms with Gasteiger partial charge in [-0.05, 0) is 4.98 Å². The number of fused-ring (bicyclic) bond motifs is 1. The predicted octanol–water partition coefficient (Wildman–Crippen LogP) is -0.148. The molecule has 4 N–H and O–H groups in total. The number of anilines is 1. The standard InChI is InChI=1S/C21H18N8O6S2/c1-34-27-14(12-7-37-21(22)25-12)17(30)26-15-18(31)29-16(20(32)33)10(6-36-19(15)29)5-28-3-2-11(24-8-28)13-4-23-9-35-13/h2-4,7-9,15,19H,5-6H2,1H3,(H3-,22,25,26,30,32,33)/p+1. The number of amides is 2. The third-order valence-electron chi connectivity index (χ3n) is 5.53. The van der Waals surface area contributed by atoms with Gasteiger partial charge in [-0.2, -0.15) is 0 Å². The molecule has 2 unspecified atom stereocenters. The van der Waals surface area contributed by atoms with Crippen molar-refractivity contribution < 1.29 is 33.3 Å². The van der Waals surface area contributed by atoms with Crippen molar-refractivity contribution in [3.05, 3.63) is 53.5 Å². The number of hydrogen-bond acceptors (Lipinski definition) is 12. The van der Waals surface area contributed by atoms with E-state index in [4.69, 9.17) is 15.0 Å². The number of carbonyl (C=O) groups excluding carboxylic acids is 2. The zero-order chi connectivity index (χ0) is 26.1. The minimum atomic E-state index is -1.23. The summed E-state index contributed by atoms with van der Waals surface area (Å²) in [5, 5.41) is 17.4. The number of nitrogens with two attached hydrogens (primary N) is 1. The average Bonchev–Trinajstić information content (AvgIpc) is 3.58. The van der Waals surface area contributed by atoms with Gasteiger partial charge in [0.2, 0.25) is 5.69 Å². The van der Waals surface area contributed by atoms with Crippen molar-refractivity contribution in [2.45, 2.75) is 18.0 Å². The Kier molecular flexibility index (Phi) is 6.58. The van der Waals surface area contributed by atoms with Gasteiger partial charge in [-0.3, -0.25) is 14.5 Å². The highest BCUT2D eigenvalue weighted by Crippen LogP contribution is 2.40. The van der Waals surface area contributed by atoms with Gasteiger partial charge in [0.25, 0.3) is 18.1 Å². The molecule has 0 bridgehead atoms. The quantitative estimate of drug-likeness (QED) is 0.148. The summed E-state index contributed by atoms with van der Waals surface area (Å²) in [5.41, 5.74) is 6.71. The van der Waals surface area contributed by atoms with Gasteiger partial charge in [-0.25, -0.2) is 19.3 Å². The first kappa shape index (κ1) is 24.4. The molecule has 14 nitrogen and oxygen atoms in total. The number of β-lactam (4-membered cyclic amide) rings is 1. The van der Waals surface area contributed by atoms with Gasteiger partial charge in [-0.1, -0.05) is 5.16 Å². The smallest absolute Gasteiger partial charge is 0.352 e. The molecule has 2 atom stereocenters. The molecule has 190 valence electrons. The molecule has 5 heterocycles. The summed E-state index contributed by atoms with van der Waals surface area (Å²) >= 11 is 2.47. The van der Waals surface area contributed by atoms with E-state index in [1.54, 1.807) is 28.5 Å². The molecule has 2 amide bonds. The number of carboxylic acid groups (broad SMARTS) is 1. The number of rotatable bonds is 8. The van der Waals surface area contributed by atoms with Crippen molar-refractivity contribution in [1.82, 2.24) is 25.2 Å². The lowest BCUT2D eigenvalue weighted by molar-refractivity contribution is -0.691. The zero-order valence-corrected chi connectivity index (χ0v) is 20.7. The highest BCUT2D eigenvalue weighted by atomic mass is 32.2. The number of nitrogens with zero attached hydrogens (tertiary/aromatic N) is 6. The van der Waals surface area contributed by atoms with Crippen LogP contribution in [0.3, 0.4) is 0 Å². The van der Waals surface area contributed by atoms with Gasteiger partial charge < -0.3 is 25.4 Å². The number of oxime groups is 1. The van der Waals surface area contributed by atoms with Crippen molar-refractivity contribution in [2.24, 2.45) is 5.16 Å². The maximum absolute atomic E-state index is 13.0. The number of aromatic nitrogens is 4. The van der Waals surface area contributed by atoms with Crippen LogP contribution in [0.1, 0.15) is 5.69 Å². The molecule has 2 aliphatic heterocycles. The molecule has 0 spiro atoms. The van der Waals surface area contributed by atoms with Gasteiger partial charge >= 0.3 is 5.97 Å². The first-order chi connectivity index (χ1) is 17.9. The van der Waals surface area contributed by atoms with Gasteiger partial charge in [-0.15, -0.1) is 23.1 Å². The predicted molar refractivity (Wildman–Crippen MR) is 130 cm³/mol. The van der Waals surface area contributed by atoms with Crippen LogP contribution in [-0.2, 0) is 25.8 Å². The SMILES string of the molecule is CON=C(C(=O)NC1C(=O)N2C(C(=O)O)=C(C[n+]3ccc(-c4cnco4)nc3)CSC12)c1csc(N)n1. The Morgan fingerprint density at radius 1 is 1.46 bits per heavy atom. The lowest BCUT2D eigenvalue weighted by Gasteiger charge is -2.49. The molecule has 2 aliphatic rings. The second-order valence-corrected chi connectivity index (χ2v) is 9.79. The zero-order valence-electron chi connectivity index (χ0n) is 19.1. The number of oxazole rings is 1. The van der Waals surface area contributed by atoms with Crippen molar-refractivity contribution in [3.63, 3.8) is 0 Å². The van der Waals surface area contributed by atoms with E-state index < -0.39 is 29.2 Å². The number of nitrogen functional groups attached to an aromatic ring is 1. The summed E-state index contributed by atoms with van der Waals surface area (Å²) in [6, 6.07) is 0.775. The lowest BCUT2D eigenvalue weighted by atomic mass is 10.0. The first-order valence-electron chi connectivity index (χ1n) is 10.6. The van der Waals surface area contributed by atoms with Crippen LogP contribution in [-0.4, -0.2) is 72.7 Å². The van der Waals surface area contributed by atoms with E-state index in [-0.39, 0.29) is 28.8 Å². The molecule has 1 saturated heterocycles. The third-order valence-corrected chi connectivity index (χ3v) is 7.54. The molecule has 1 fully saturated rings. The second-order valence-electron chi connectivity index (χ2n) is 7.80. The number of nitrogens with one attached hydrogen (secondary N) is 1. The number of aliphatic carboxylic acids is 1. The number of hydrogen-bond donors (Lipinski definition) is 3. The number of carboxylic acids is 1. The molecule has 0 saturated carbocycles. The summed E-state index contributed by atoms with van der Waals surface area (Å²) in [4.78, 5) is 56.2. The number of carbonyl (C=O) groups is 3. The molecule has 0 aliphatic carbocycles. The second kappa shape index (κ2) is 9.98. The lowest BCUT2D eigenvalue weighted by Crippen LogP contribution is -2.71. The Balaban J connectivity index is 1.32. The van der Waals surface area contributed by atoms with Crippen LogP contribution >= 0.6 is 23.1 Å². The Labute approximate surface area is 216 Å². The molecule has 16 heteroatoms. The van der Waals surface area contributed by atoms with E-state index in [1.807, 2.05) is 0 Å². The van der Waals surface area contributed by atoms with Crippen LogP contribution in [0.4, 0.5) is 5.13 Å². The summed E-state index contributed by atoms with van der Waals surface area (Å²) in [7, 11) is 1.27. The largest absolute Gasteiger partial charge is 0.477 e. The minimum absolute atomic E-state index is 0.107. The van der Waals surface area contributed by atoms with Crippen molar-refractivity contribution in [1.29, 1.82) is 0 Å². The van der Waals surface area contributed by atoms with Gasteiger partial charge in [0, 0.05) is 22.8 Å². The summed E-state index contributed by atoms with van der Waals surface area (Å²) < 4.78 is 6.93. The molecule has 0 aromatic carbocycles. The van der Waals surface area contributed by atoms with E-state index in [1.165, 1.54) is 36.4 Å². The van der Waals surface area contributed by atoms with E-state index in [9.17, 15) is 19.5 Å². The fraction of sp³-hybridized carbons (Fsp3) is 0.238. The Morgan fingerprint density at radius 3 is 2.92 bits per heavy atom. The van der Waals surface area contributed by atoms with E-state index >= 15 is 0 Å². The Hall–Kier alpha value is -4.31. The summed E-state index contributed by atoms with van der Waals surface area (Å²) in [6.45, 7) is 0.210. The fourth-order valence-electron chi connectivity index (χ4n) is 3.89. The van der Waals surface area contributed by atoms with Crippen molar-refractivity contribution in [2.75, 3.05) is 18.6 Å². The topological polar surface area (TPSA) is 190 Å². The van der Waals surface area contributed by atoms with Crippen LogP contribution in [0, 0.1) is 0 Å². The molecule has 3 aromatic rings. The van der Waals surface area contributed by atoms with Gasteiger partial charge in [0.15, 0.2) is 23.0 Å². The maximum atomic E-state index is 13.0. The third kappa shape index (κ3) is 4.63. The minimum Gasteiger partial charge on any atom is -0.477 e. The molecule has 5 rings (SSSR count). The summed E-state index contributed by atoms with van der Waals surface area (Å²) in [5.74, 6) is -1.62. The van der Waals surface area contributed by atoms with E-state index in [2.05, 4.69) is 25.4 Å². The van der Waals surface area contributed by atoms with E-state index in [0.717, 1.165) is 11.3 Å². The van der Waals surface area contributed by atoms with Crippen LogP contribution in [0.2, 0.25) is 0 Å². The molecular formula is C21H19N8O6S2+. The van der Waals surface area contributed by atoms with Crippen molar-refractivity contribution in [3.8, 4) is 11.5 Å². The molecule has 3 aromatic heterocycles. The van der Waals surface area contributed by atoms with Crippen LogP contribution in [0.25, 0.3) is 11.5 Å². The molecule has 37 heavy (non-hydrogen) atoms. The maximum Gasteiger partial charge on any atom is 0.352 e. The monoisotopic (exact) mass is 543 g/mol. The first-order valence-corrected chi connectivity index (χ1v) is 12.6. The van der Waals surface area contributed by atoms with Crippen molar-refractivity contribution >= 4 is 51.7 Å².